The third-order valence-electron chi connectivity index (χ3n) is 4.08. The van der Waals surface area contributed by atoms with Crippen molar-refractivity contribution in [1.82, 2.24) is 15.5 Å². The van der Waals surface area contributed by atoms with Gasteiger partial charge < -0.3 is 26.4 Å². The lowest BCUT2D eigenvalue weighted by atomic mass is 10.1. The Morgan fingerprint density at radius 1 is 1.32 bits per heavy atom. The highest BCUT2D eigenvalue weighted by Gasteiger charge is 2.37. The van der Waals surface area contributed by atoms with E-state index in [2.05, 4.69) is 23.3 Å². The van der Waals surface area contributed by atoms with Crippen molar-refractivity contribution in [3.8, 4) is 0 Å². The number of likely N-dealkylation sites (tertiary alicyclic amines) is 1. The van der Waals surface area contributed by atoms with Gasteiger partial charge in [-0.05, 0) is 18.8 Å². The third-order valence-corrected chi connectivity index (χ3v) is 4.45. The first-order chi connectivity index (χ1) is 11.7. The molecule has 1 fully saturated rings. The first-order valence-electron chi connectivity index (χ1n) is 8.15. The highest BCUT2D eigenvalue weighted by molar-refractivity contribution is 7.80. The molecule has 3 unspecified atom stereocenters. The summed E-state index contributed by atoms with van der Waals surface area (Å²) in [5.74, 6) is -2.62. The van der Waals surface area contributed by atoms with Gasteiger partial charge >= 0.3 is 5.97 Å². The van der Waals surface area contributed by atoms with Gasteiger partial charge in [-0.15, -0.1) is 0 Å². The van der Waals surface area contributed by atoms with Gasteiger partial charge in [-0.2, -0.15) is 12.6 Å². The number of aliphatic carboxylic acids is 1. The van der Waals surface area contributed by atoms with Crippen LogP contribution in [0.4, 0.5) is 0 Å². The van der Waals surface area contributed by atoms with Crippen molar-refractivity contribution in [3.63, 3.8) is 0 Å². The molecule has 0 bridgehead atoms. The number of nitrogens with two attached hydrogens (primary N) is 1. The van der Waals surface area contributed by atoms with Gasteiger partial charge in [-0.3, -0.25) is 14.4 Å². The third kappa shape index (κ3) is 5.89. The maximum atomic E-state index is 12.5. The second kappa shape index (κ2) is 9.62. The van der Waals surface area contributed by atoms with Gasteiger partial charge in [0.1, 0.15) is 12.1 Å². The van der Waals surface area contributed by atoms with Crippen LogP contribution in [0.2, 0.25) is 0 Å². The van der Waals surface area contributed by atoms with E-state index in [9.17, 15) is 19.2 Å². The standard InChI is InChI=1S/C15H26N4O5S/c1-8(2)12(16)13(21)17-6-11(20)18-9(7-25)14(22)19-5-3-4-10(19)15(23)24/h8-10,12,25H,3-7,16H2,1-2H3,(H,17,21)(H,18,20)(H,23,24). The Kier molecular flexibility index (Phi) is 8.17. The Morgan fingerprint density at radius 2 is 1.96 bits per heavy atom. The lowest BCUT2D eigenvalue weighted by molar-refractivity contribution is -0.149. The lowest BCUT2D eigenvalue weighted by Gasteiger charge is -2.26. The molecule has 1 aliphatic heterocycles. The average molecular weight is 374 g/mol. The van der Waals surface area contributed by atoms with Crippen LogP contribution in [0.5, 0.6) is 0 Å². The zero-order valence-electron chi connectivity index (χ0n) is 14.4. The molecule has 0 aromatic heterocycles. The van der Waals surface area contributed by atoms with E-state index in [1.165, 1.54) is 4.90 Å². The average Bonchev–Trinajstić information content (AvgIpc) is 3.05. The van der Waals surface area contributed by atoms with E-state index >= 15 is 0 Å². The molecule has 1 rings (SSSR count). The molecule has 0 spiro atoms. The predicted octanol–water partition coefficient (Wildman–Crippen LogP) is -1.42. The highest BCUT2D eigenvalue weighted by atomic mass is 32.1. The summed E-state index contributed by atoms with van der Waals surface area (Å²) < 4.78 is 0. The number of thiol groups is 1. The van der Waals surface area contributed by atoms with Crippen LogP contribution in [-0.2, 0) is 19.2 Å². The van der Waals surface area contributed by atoms with Crippen molar-refractivity contribution in [2.24, 2.45) is 11.7 Å². The SMILES string of the molecule is CC(C)C(N)C(=O)NCC(=O)NC(CS)C(=O)N1CCCC1C(=O)O. The van der Waals surface area contributed by atoms with Gasteiger partial charge in [0, 0.05) is 12.3 Å². The molecule has 0 aromatic rings. The smallest absolute Gasteiger partial charge is 0.326 e. The van der Waals surface area contributed by atoms with Crippen LogP contribution >= 0.6 is 12.6 Å². The minimum Gasteiger partial charge on any atom is -0.480 e. The number of carboxylic acids is 1. The fourth-order valence-electron chi connectivity index (χ4n) is 2.51. The van der Waals surface area contributed by atoms with Gasteiger partial charge in [-0.25, -0.2) is 4.79 Å². The fraction of sp³-hybridized carbons (Fsp3) is 0.733. The number of carbonyl (C=O) groups excluding carboxylic acids is 3. The van der Waals surface area contributed by atoms with Crippen LogP contribution in [0.15, 0.2) is 0 Å². The summed E-state index contributed by atoms with van der Waals surface area (Å²) in [4.78, 5) is 48.6. The molecule has 3 amide bonds. The molecule has 5 N–H and O–H groups in total. The minimum atomic E-state index is -1.06. The number of carbonyl (C=O) groups is 4. The number of hydrogen-bond donors (Lipinski definition) is 5. The maximum absolute atomic E-state index is 12.5. The van der Waals surface area contributed by atoms with Crippen molar-refractivity contribution in [3.05, 3.63) is 0 Å². The topological polar surface area (TPSA) is 142 Å². The van der Waals surface area contributed by atoms with Crippen molar-refractivity contribution in [2.75, 3.05) is 18.8 Å². The zero-order chi connectivity index (χ0) is 19.1. The quantitative estimate of drug-likeness (QED) is 0.330. The molecule has 0 aliphatic carbocycles. The van der Waals surface area contributed by atoms with Crippen LogP contribution in [0.25, 0.3) is 0 Å². The van der Waals surface area contributed by atoms with E-state index in [4.69, 9.17) is 10.8 Å². The molecular weight excluding hydrogens is 348 g/mol. The van der Waals surface area contributed by atoms with E-state index < -0.39 is 41.8 Å². The van der Waals surface area contributed by atoms with E-state index in [1.807, 2.05) is 0 Å². The van der Waals surface area contributed by atoms with Gasteiger partial charge in [0.05, 0.1) is 12.6 Å². The second-order valence-electron chi connectivity index (χ2n) is 6.32. The van der Waals surface area contributed by atoms with Crippen LogP contribution in [0.1, 0.15) is 26.7 Å². The summed E-state index contributed by atoms with van der Waals surface area (Å²) in [7, 11) is 0. The molecular formula is C15H26N4O5S. The van der Waals surface area contributed by atoms with Gasteiger partial charge in [0.25, 0.3) is 0 Å². The molecule has 1 heterocycles. The molecule has 0 aromatic carbocycles. The first kappa shape index (κ1) is 21.2. The lowest BCUT2D eigenvalue weighted by Crippen LogP contribution is -2.54. The number of nitrogens with zero attached hydrogens (tertiary/aromatic N) is 1. The summed E-state index contributed by atoms with van der Waals surface area (Å²) in [6.07, 6.45) is 0.983. The molecule has 0 radical (unpaired) electrons. The van der Waals surface area contributed by atoms with Gasteiger partial charge in [0.2, 0.25) is 17.7 Å². The summed E-state index contributed by atoms with van der Waals surface area (Å²) in [6.45, 7) is 3.58. The minimum absolute atomic E-state index is 0.0207. The number of hydrogen-bond acceptors (Lipinski definition) is 6. The Bertz CT molecular complexity index is 528. The fourth-order valence-corrected chi connectivity index (χ4v) is 2.75. The monoisotopic (exact) mass is 374 g/mol. The summed E-state index contributed by atoms with van der Waals surface area (Å²) in [5.41, 5.74) is 5.68. The number of nitrogens with one attached hydrogen (secondary N) is 2. The van der Waals surface area contributed by atoms with Crippen LogP contribution in [0.3, 0.4) is 0 Å². The maximum Gasteiger partial charge on any atom is 0.326 e. The molecule has 25 heavy (non-hydrogen) atoms. The molecule has 142 valence electrons. The number of amides is 3. The van der Waals surface area contributed by atoms with Crippen LogP contribution in [-0.4, -0.2) is 70.7 Å². The molecule has 9 nitrogen and oxygen atoms in total. The largest absolute Gasteiger partial charge is 0.480 e. The van der Waals surface area contributed by atoms with Gasteiger partial charge in [0.15, 0.2) is 0 Å². The molecule has 1 aliphatic rings. The van der Waals surface area contributed by atoms with Gasteiger partial charge in [-0.1, -0.05) is 13.8 Å². The summed E-state index contributed by atoms with van der Waals surface area (Å²) in [5, 5.41) is 14.0. The number of rotatable bonds is 8. The Hall–Kier alpha value is -1.81. The first-order valence-corrected chi connectivity index (χ1v) is 8.79. The van der Waals surface area contributed by atoms with E-state index in [0.717, 1.165) is 0 Å². The summed E-state index contributed by atoms with van der Waals surface area (Å²) >= 11 is 4.05. The van der Waals surface area contributed by atoms with Crippen LogP contribution < -0.4 is 16.4 Å². The zero-order valence-corrected chi connectivity index (χ0v) is 15.3. The number of carboxylic acid groups (broad SMARTS) is 1. The van der Waals surface area contributed by atoms with E-state index in [-0.39, 0.29) is 18.2 Å². The van der Waals surface area contributed by atoms with Crippen molar-refractivity contribution >= 4 is 36.3 Å². The van der Waals surface area contributed by atoms with E-state index in [0.29, 0.717) is 19.4 Å². The molecule has 10 heteroatoms. The second-order valence-corrected chi connectivity index (χ2v) is 6.68. The van der Waals surface area contributed by atoms with Crippen molar-refractivity contribution in [1.29, 1.82) is 0 Å². The summed E-state index contributed by atoms with van der Waals surface area (Å²) in [6, 6.07) is -2.56. The Labute approximate surface area is 152 Å². The van der Waals surface area contributed by atoms with Crippen molar-refractivity contribution < 1.29 is 24.3 Å². The molecule has 3 atom stereocenters. The Balaban J connectivity index is 2.57. The molecule has 1 saturated heterocycles. The highest BCUT2D eigenvalue weighted by Crippen LogP contribution is 2.18. The van der Waals surface area contributed by atoms with E-state index in [1.54, 1.807) is 13.8 Å². The Morgan fingerprint density at radius 3 is 2.48 bits per heavy atom. The molecule has 0 saturated carbocycles. The van der Waals surface area contributed by atoms with Crippen LogP contribution in [0, 0.1) is 5.92 Å². The van der Waals surface area contributed by atoms with Crippen molar-refractivity contribution in [2.45, 2.75) is 44.8 Å². The predicted molar refractivity (Wildman–Crippen MR) is 94.0 cm³/mol. The normalized spacial score (nSPS) is 19.4.